The zero-order valence-corrected chi connectivity index (χ0v) is 11.9. The largest absolute Gasteiger partial charge is 0.306 e. The van der Waals surface area contributed by atoms with Crippen LogP contribution in [0.25, 0.3) is 0 Å². The molecule has 1 heterocycles. The lowest BCUT2D eigenvalue weighted by Gasteiger charge is -2.34. The molecule has 0 aliphatic heterocycles. The van der Waals surface area contributed by atoms with Crippen LogP contribution in [0.4, 0.5) is 0 Å². The predicted octanol–water partition coefficient (Wildman–Crippen LogP) is 4.00. The molecule has 1 aromatic rings. The van der Waals surface area contributed by atoms with E-state index in [4.69, 9.17) is 4.98 Å². The first-order chi connectivity index (χ1) is 8.27. The van der Waals surface area contributed by atoms with Crippen molar-refractivity contribution in [3.8, 4) is 0 Å². The summed E-state index contributed by atoms with van der Waals surface area (Å²) in [6.45, 7) is 5.35. The van der Waals surface area contributed by atoms with E-state index in [1.54, 1.807) is 0 Å². The topological polar surface area (TPSA) is 24.9 Å². The Hall–Kier alpha value is -0.410. The van der Waals surface area contributed by atoms with Crippen molar-refractivity contribution in [3.63, 3.8) is 0 Å². The van der Waals surface area contributed by atoms with Crippen LogP contribution in [0, 0.1) is 6.92 Å². The van der Waals surface area contributed by atoms with Crippen molar-refractivity contribution in [1.29, 1.82) is 0 Å². The molecule has 2 rings (SSSR count). The first kappa shape index (κ1) is 13.0. The lowest BCUT2D eigenvalue weighted by molar-refractivity contribution is 0.256. The Morgan fingerprint density at radius 2 is 1.88 bits per heavy atom. The second-order valence-electron chi connectivity index (χ2n) is 5.17. The molecule has 0 radical (unpaired) electrons. The summed E-state index contributed by atoms with van der Waals surface area (Å²) in [6.07, 6.45) is 9.38. The molecule has 96 valence electrons. The van der Waals surface area contributed by atoms with Crippen molar-refractivity contribution in [2.45, 2.75) is 64.3 Å². The van der Waals surface area contributed by atoms with Gasteiger partial charge in [0, 0.05) is 11.1 Å². The first-order valence-corrected chi connectivity index (χ1v) is 7.82. The van der Waals surface area contributed by atoms with Crippen LogP contribution in [-0.4, -0.2) is 11.5 Å². The molecule has 0 unspecified atom stereocenters. The second-order valence-corrected chi connectivity index (χ2v) is 6.03. The third-order valence-corrected chi connectivity index (χ3v) is 4.91. The average Bonchev–Trinajstić information content (AvgIpc) is 2.70. The quantitative estimate of drug-likeness (QED) is 0.879. The Morgan fingerprint density at radius 3 is 2.41 bits per heavy atom. The normalized spacial score (nSPS) is 20.8. The van der Waals surface area contributed by atoms with Crippen molar-refractivity contribution in [2.75, 3.05) is 6.54 Å². The Kier molecular flexibility index (Phi) is 4.57. The molecule has 0 atom stereocenters. The monoisotopic (exact) mass is 252 g/mol. The Balaban J connectivity index is 2.22. The first-order valence-electron chi connectivity index (χ1n) is 6.94. The highest BCUT2D eigenvalue weighted by Crippen LogP contribution is 2.36. The van der Waals surface area contributed by atoms with Gasteiger partial charge >= 0.3 is 0 Å². The van der Waals surface area contributed by atoms with Gasteiger partial charge < -0.3 is 5.32 Å². The number of nitrogens with one attached hydrogen (secondary N) is 1. The fraction of sp³-hybridized carbons (Fsp3) is 0.786. The number of thiazole rings is 1. The van der Waals surface area contributed by atoms with Gasteiger partial charge in [0.25, 0.3) is 0 Å². The molecular weight excluding hydrogens is 228 g/mol. The predicted molar refractivity (Wildman–Crippen MR) is 74.5 cm³/mol. The van der Waals surface area contributed by atoms with Gasteiger partial charge in [-0.15, -0.1) is 11.3 Å². The van der Waals surface area contributed by atoms with E-state index in [-0.39, 0.29) is 5.54 Å². The van der Waals surface area contributed by atoms with Gasteiger partial charge in [0.15, 0.2) is 0 Å². The molecule has 2 nitrogen and oxygen atoms in total. The Labute approximate surface area is 109 Å². The van der Waals surface area contributed by atoms with Gasteiger partial charge in [-0.2, -0.15) is 0 Å². The van der Waals surface area contributed by atoms with Crippen molar-refractivity contribution < 1.29 is 0 Å². The molecule has 0 spiro atoms. The molecule has 1 aliphatic carbocycles. The lowest BCUT2D eigenvalue weighted by atomic mass is 9.84. The number of aryl methyl sites for hydroxylation is 1. The molecule has 0 aromatic carbocycles. The molecule has 17 heavy (non-hydrogen) atoms. The minimum atomic E-state index is 0.175. The Morgan fingerprint density at radius 1 is 1.24 bits per heavy atom. The van der Waals surface area contributed by atoms with E-state index in [1.165, 1.54) is 55.6 Å². The van der Waals surface area contributed by atoms with Crippen molar-refractivity contribution in [2.24, 2.45) is 0 Å². The van der Waals surface area contributed by atoms with Crippen LogP contribution in [0.15, 0.2) is 5.38 Å². The highest BCUT2D eigenvalue weighted by molar-refractivity contribution is 7.09. The van der Waals surface area contributed by atoms with Gasteiger partial charge in [-0.25, -0.2) is 4.98 Å². The molecule has 0 saturated heterocycles. The van der Waals surface area contributed by atoms with Crippen LogP contribution in [0.1, 0.15) is 62.6 Å². The van der Waals surface area contributed by atoms with Gasteiger partial charge in [-0.05, 0) is 26.3 Å². The molecule has 1 saturated carbocycles. The van der Waals surface area contributed by atoms with Crippen molar-refractivity contribution in [3.05, 3.63) is 16.1 Å². The average molecular weight is 252 g/mol. The van der Waals surface area contributed by atoms with Gasteiger partial charge in [0.05, 0.1) is 5.54 Å². The maximum atomic E-state index is 4.75. The minimum absolute atomic E-state index is 0.175. The van der Waals surface area contributed by atoms with E-state index >= 15 is 0 Å². The van der Waals surface area contributed by atoms with Crippen LogP contribution >= 0.6 is 11.3 Å². The third-order valence-electron chi connectivity index (χ3n) is 3.75. The van der Waals surface area contributed by atoms with Gasteiger partial charge in [-0.1, -0.05) is 39.0 Å². The molecule has 3 heteroatoms. The van der Waals surface area contributed by atoms with Crippen LogP contribution in [0.2, 0.25) is 0 Å². The summed E-state index contributed by atoms with van der Waals surface area (Å²) >= 11 is 1.84. The standard InChI is InChI=1S/C14H24N2S/c1-3-15-14(13-16-12(2)11-17-13)9-7-5-4-6-8-10-14/h11,15H,3-10H2,1-2H3. The summed E-state index contributed by atoms with van der Waals surface area (Å²) in [7, 11) is 0. The maximum Gasteiger partial charge on any atom is 0.113 e. The summed E-state index contributed by atoms with van der Waals surface area (Å²) in [5.41, 5.74) is 1.35. The fourth-order valence-electron chi connectivity index (χ4n) is 2.89. The minimum Gasteiger partial charge on any atom is -0.306 e. The molecule has 1 aromatic heterocycles. The third kappa shape index (κ3) is 3.08. The molecule has 1 aliphatic rings. The summed E-state index contributed by atoms with van der Waals surface area (Å²) in [6, 6.07) is 0. The van der Waals surface area contributed by atoms with Crippen LogP contribution in [0.5, 0.6) is 0 Å². The molecular formula is C14H24N2S. The molecule has 0 amide bonds. The summed E-state index contributed by atoms with van der Waals surface area (Å²) in [5.74, 6) is 0. The van der Waals surface area contributed by atoms with Gasteiger partial charge in [-0.3, -0.25) is 0 Å². The van der Waals surface area contributed by atoms with E-state index in [1.807, 2.05) is 11.3 Å². The smallest absolute Gasteiger partial charge is 0.113 e. The second kappa shape index (κ2) is 5.96. The fourth-order valence-corrected chi connectivity index (χ4v) is 3.92. The van der Waals surface area contributed by atoms with Crippen molar-refractivity contribution >= 4 is 11.3 Å². The van der Waals surface area contributed by atoms with E-state index in [0.717, 1.165) is 6.54 Å². The summed E-state index contributed by atoms with van der Waals surface area (Å²) < 4.78 is 0. The number of hydrogen-bond acceptors (Lipinski definition) is 3. The highest BCUT2D eigenvalue weighted by atomic mass is 32.1. The number of hydrogen-bond donors (Lipinski definition) is 1. The number of aromatic nitrogens is 1. The van der Waals surface area contributed by atoms with Crippen LogP contribution in [-0.2, 0) is 5.54 Å². The van der Waals surface area contributed by atoms with E-state index in [0.29, 0.717) is 0 Å². The summed E-state index contributed by atoms with van der Waals surface area (Å²) in [5, 5.41) is 7.25. The lowest BCUT2D eigenvalue weighted by Crippen LogP contribution is -2.42. The number of nitrogens with zero attached hydrogens (tertiary/aromatic N) is 1. The van der Waals surface area contributed by atoms with Gasteiger partial charge in [0.1, 0.15) is 5.01 Å². The van der Waals surface area contributed by atoms with E-state index < -0.39 is 0 Å². The van der Waals surface area contributed by atoms with Crippen molar-refractivity contribution in [1.82, 2.24) is 10.3 Å². The zero-order valence-electron chi connectivity index (χ0n) is 11.1. The zero-order chi connectivity index (χ0) is 12.1. The number of rotatable bonds is 3. The molecule has 1 N–H and O–H groups in total. The van der Waals surface area contributed by atoms with Crippen LogP contribution in [0.3, 0.4) is 0 Å². The molecule has 0 bridgehead atoms. The summed E-state index contributed by atoms with van der Waals surface area (Å²) in [4.78, 5) is 4.75. The molecule has 1 fully saturated rings. The van der Waals surface area contributed by atoms with E-state index in [9.17, 15) is 0 Å². The van der Waals surface area contributed by atoms with E-state index in [2.05, 4.69) is 24.5 Å². The van der Waals surface area contributed by atoms with Crippen LogP contribution < -0.4 is 5.32 Å². The highest BCUT2D eigenvalue weighted by Gasteiger charge is 2.33. The van der Waals surface area contributed by atoms with Gasteiger partial charge in [0.2, 0.25) is 0 Å². The Bertz CT molecular complexity index is 338. The maximum absolute atomic E-state index is 4.75. The SMILES string of the molecule is CCNC1(c2nc(C)cs2)CCCCCCC1.